The molecule has 3 aromatic rings. The molecule has 1 heterocycles. The molecule has 20 heavy (non-hydrogen) atoms. The minimum atomic E-state index is -0.463. The third-order valence-electron chi connectivity index (χ3n) is 2.97. The van der Waals surface area contributed by atoms with Crippen molar-refractivity contribution in [2.45, 2.75) is 6.04 Å². The monoisotopic (exact) mass is 267 g/mol. The van der Waals surface area contributed by atoms with Gasteiger partial charge in [-0.25, -0.2) is 0 Å². The molecule has 3 rings (SSSR count). The van der Waals surface area contributed by atoms with Crippen LogP contribution >= 0.6 is 0 Å². The lowest BCUT2D eigenvalue weighted by Gasteiger charge is -2.05. The summed E-state index contributed by atoms with van der Waals surface area (Å²) in [5.41, 5.74) is 7.67. The third kappa shape index (κ3) is 2.39. The van der Waals surface area contributed by atoms with Crippen molar-refractivity contribution in [3.05, 3.63) is 66.1 Å². The lowest BCUT2D eigenvalue weighted by molar-refractivity contribution is 0.367. The van der Waals surface area contributed by atoms with Crippen LogP contribution in [0.2, 0.25) is 0 Å². The number of hydrogen-bond acceptors (Lipinski definition) is 5. The topological polar surface area (TPSA) is 85.2 Å². The Bertz CT molecular complexity index is 710. The molecule has 0 fully saturated rings. The van der Waals surface area contributed by atoms with Gasteiger partial charge in [0.25, 0.3) is 0 Å². The van der Waals surface area contributed by atoms with Crippen LogP contribution in [0.3, 0.4) is 0 Å². The van der Waals surface area contributed by atoms with Crippen LogP contribution in [0, 0.1) is 0 Å². The maximum atomic E-state index is 9.46. The van der Waals surface area contributed by atoms with E-state index in [9.17, 15) is 5.11 Å². The molecule has 1 atom stereocenters. The number of aromatic hydroxyl groups is 1. The van der Waals surface area contributed by atoms with Crippen LogP contribution in [0.1, 0.15) is 17.5 Å². The Morgan fingerprint density at radius 1 is 1.05 bits per heavy atom. The fourth-order valence-corrected chi connectivity index (χ4v) is 1.93. The van der Waals surface area contributed by atoms with E-state index in [1.54, 1.807) is 24.3 Å². The summed E-state index contributed by atoms with van der Waals surface area (Å²) in [5.74, 6) is 0.901. The number of nitrogens with zero attached hydrogens (tertiary/aromatic N) is 2. The molecule has 1 aromatic heterocycles. The zero-order chi connectivity index (χ0) is 13.9. The van der Waals surface area contributed by atoms with Gasteiger partial charge in [-0.15, -0.1) is 0 Å². The minimum absolute atomic E-state index is 0.154. The highest BCUT2D eigenvalue weighted by Crippen LogP contribution is 2.23. The predicted octanol–water partition coefficient (Wildman–Crippen LogP) is 2.49. The van der Waals surface area contributed by atoms with Crippen molar-refractivity contribution in [2.75, 3.05) is 0 Å². The summed E-state index contributed by atoms with van der Waals surface area (Å²) in [4.78, 5) is 4.28. The first-order chi connectivity index (χ1) is 9.74. The van der Waals surface area contributed by atoms with Gasteiger partial charge in [-0.05, 0) is 17.7 Å². The van der Waals surface area contributed by atoms with Crippen LogP contribution in [-0.2, 0) is 0 Å². The Labute approximate surface area is 115 Å². The number of nitrogens with two attached hydrogens (primary N) is 1. The van der Waals surface area contributed by atoms with Crippen LogP contribution in [-0.4, -0.2) is 15.2 Å². The second kappa shape index (κ2) is 5.14. The average molecular weight is 267 g/mol. The molecule has 0 spiro atoms. The Balaban J connectivity index is 1.91. The lowest BCUT2D eigenvalue weighted by atomic mass is 10.1. The first-order valence-electron chi connectivity index (χ1n) is 6.17. The molecule has 0 aliphatic rings. The van der Waals surface area contributed by atoms with Gasteiger partial charge in [0.2, 0.25) is 11.7 Å². The summed E-state index contributed by atoms with van der Waals surface area (Å²) in [6, 6.07) is 15.7. The first-order valence-corrected chi connectivity index (χ1v) is 6.17. The highest BCUT2D eigenvalue weighted by Gasteiger charge is 2.17. The van der Waals surface area contributed by atoms with Crippen molar-refractivity contribution in [1.82, 2.24) is 10.1 Å². The number of phenolic OH excluding ortho intramolecular Hbond substituents is 1. The highest BCUT2D eigenvalue weighted by atomic mass is 16.5. The quantitative estimate of drug-likeness (QED) is 0.761. The minimum Gasteiger partial charge on any atom is -0.508 e. The molecule has 0 saturated carbocycles. The van der Waals surface area contributed by atoms with E-state index in [1.165, 1.54) is 0 Å². The number of benzene rings is 2. The second-order valence-corrected chi connectivity index (χ2v) is 4.39. The zero-order valence-electron chi connectivity index (χ0n) is 10.6. The summed E-state index contributed by atoms with van der Waals surface area (Å²) >= 11 is 0. The van der Waals surface area contributed by atoms with Crippen LogP contribution < -0.4 is 5.73 Å². The summed E-state index contributed by atoms with van der Waals surface area (Å²) in [6.45, 7) is 0. The largest absolute Gasteiger partial charge is 0.508 e. The van der Waals surface area contributed by atoms with Gasteiger partial charge in [0.15, 0.2) is 0 Å². The first kappa shape index (κ1) is 12.4. The van der Waals surface area contributed by atoms with Crippen molar-refractivity contribution < 1.29 is 9.63 Å². The molecule has 0 amide bonds. The van der Waals surface area contributed by atoms with E-state index in [-0.39, 0.29) is 5.75 Å². The van der Waals surface area contributed by atoms with E-state index in [1.807, 2.05) is 30.3 Å². The van der Waals surface area contributed by atoms with Gasteiger partial charge >= 0.3 is 0 Å². The lowest BCUT2D eigenvalue weighted by Crippen LogP contribution is -2.11. The van der Waals surface area contributed by atoms with Gasteiger partial charge in [0.1, 0.15) is 11.8 Å². The van der Waals surface area contributed by atoms with E-state index < -0.39 is 6.04 Å². The predicted molar refractivity (Wildman–Crippen MR) is 73.9 cm³/mol. The van der Waals surface area contributed by atoms with Crippen LogP contribution in [0.25, 0.3) is 11.4 Å². The van der Waals surface area contributed by atoms with Crippen LogP contribution in [0.4, 0.5) is 0 Å². The summed E-state index contributed by atoms with van der Waals surface area (Å²) in [6.07, 6.45) is 0. The third-order valence-corrected chi connectivity index (χ3v) is 2.97. The fraction of sp³-hybridized carbons (Fsp3) is 0.0667. The molecular formula is C15H13N3O2. The summed E-state index contributed by atoms with van der Waals surface area (Å²) in [7, 11) is 0. The molecule has 5 heteroatoms. The second-order valence-electron chi connectivity index (χ2n) is 4.39. The van der Waals surface area contributed by atoms with Crippen molar-refractivity contribution >= 4 is 0 Å². The highest BCUT2D eigenvalue weighted by molar-refractivity contribution is 5.56. The molecule has 0 aliphatic heterocycles. The maximum Gasteiger partial charge on any atom is 0.248 e. The van der Waals surface area contributed by atoms with Crippen molar-refractivity contribution in [3.63, 3.8) is 0 Å². The van der Waals surface area contributed by atoms with E-state index in [4.69, 9.17) is 10.3 Å². The van der Waals surface area contributed by atoms with Crippen LogP contribution in [0.5, 0.6) is 5.75 Å². The molecule has 1 unspecified atom stereocenters. The Morgan fingerprint density at radius 3 is 2.60 bits per heavy atom. The van der Waals surface area contributed by atoms with Gasteiger partial charge in [-0.3, -0.25) is 0 Å². The number of hydrogen-bond donors (Lipinski definition) is 2. The molecule has 0 aliphatic carbocycles. The van der Waals surface area contributed by atoms with Gasteiger partial charge < -0.3 is 15.4 Å². The molecule has 0 bridgehead atoms. The normalized spacial score (nSPS) is 12.2. The number of phenols is 1. The van der Waals surface area contributed by atoms with Crippen molar-refractivity contribution in [3.8, 4) is 17.1 Å². The summed E-state index contributed by atoms with van der Waals surface area (Å²) in [5, 5.41) is 13.4. The van der Waals surface area contributed by atoms with Gasteiger partial charge in [-0.1, -0.05) is 47.6 Å². The SMILES string of the molecule is NC(c1ccccc1)c1nc(-c2cccc(O)c2)no1. The van der Waals surface area contributed by atoms with E-state index in [0.29, 0.717) is 17.3 Å². The number of aromatic nitrogens is 2. The van der Waals surface area contributed by atoms with E-state index in [0.717, 1.165) is 5.56 Å². The molecule has 5 nitrogen and oxygen atoms in total. The molecule has 0 saturated heterocycles. The van der Waals surface area contributed by atoms with E-state index >= 15 is 0 Å². The Hall–Kier alpha value is -2.66. The maximum absolute atomic E-state index is 9.46. The zero-order valence-corrected chi connectivity index (χ0v) is 10.6. The summed E-state index contributed by atoms with van der Waals surface area (Å²) < 4.78 is 5.21. The van der Waals surface area contributed by atoms with Gasteiger partial charge in [0, 0.05) is 5.56 Å². The molecular weight excluding hydrogens is 254 g/mol. The Morgan fingerprint density at radius 2 is 1.85 bits per heavy atom. The molecule has 0 radical (unpaired) electrons. The standard InChI is InChI=1S/C15H13N3O2/c16-13(10-5-2-1-3-6-10)15-17-14(18-20-15)11-7-4-8-12(19)9-11/h1-9,13,19H,16H2. The van der Waals surface area contributed by atoms with Crippen molar-refractivity contribution in [1.29, 1.82) is 0 Å². The van der Waals surface area contributed by atoms with Gasteiger partial charge in [0.05, 0.1) is 0 Å². The smallest absolute Gasteiger partial charge is 0.248 e. The Kier molecular flexibility index (Phi) is 3.18. The molecule has 100 valence electrons. The van der Waals surface area contributed by atoms with Crippen LogP contribution in [0.15, 0.2) is 59.1 Å². The molecule has 2 aromatic carbocycles. The number of rotatable bonds is 3. The van der Waals surface area contributed by atoms with Crippen molar-refractivity contribution in [2.24, 2.45) is 5.73 Å². The van der Waals surface area contributed by atoms with E-state index in [2.05, 4.69) is 10.1 Å². The average Bonchev–Trinajstić information content (AvgIpc) is 2.97. The fourth-order valence-electron chi connectivity index (χ4n) is 1.93. The van der Waals surface area contributed by atoms with Gasteiger partial charge in [-0.2, -0.15) is 4.98 Å². The molecule has 3 N–H and O–H groups in total.